The van der Waals surface area contributed by atoms with Crippen molar-refractivity contribution in [3.8, 4) is 0 Å². The fraction of sp³-hybridized carbons (Fsp3) is 0.125. The summed E-state index contributed by atoms with van der Waals surface area (Å²) in [6, 6.07) is 10.9. The van der Waals surface area contributed by atoms with Gasteiger partial charge in [0.25, 0.3) is 0 Å². The topological polar surface area (TPSA) is 64.2 Å². The average molecular weight is 335 g/mol. The van der Waals surface area contributed by atoms with Crippen molar-refractivity contribution in [3.63, 3.8) is 0 Å². The molecule has 3 aromatic rings. The van der Waals surface area contributed by atoms with Crippen LogP contribution in [0.3, 0.4) is 0 Å². The van der Waals surface area contributed by atoms with Crippen LogP contribution < -0.4 is 11.1 Å². The Morgan fingerprint density at radius 3 is 2.83 bits per heavy atom. The van der Waals surface area contributed by atoms with Gasteiger partial charge in [0, 0.05) is 23.2 Å². The van der Waals surface area contributed by atoms with Gasteiger partial charge in [-0.2, -0.15) is 0 Å². The third-order valence-corrected chi connectivity index (χ3v) is 3.60. The number of amides is 1. The highest BCUT2D eigenvalue weighted by Crippen LogP contribution is 2.18. The van der Waals surface area contributed by atoms with Crippen molar-refractivity contribution in [2.24, 2.45) is 0 Å². The van der Waals surface area contributed by atoms with Gasteiger partial charge in [-0.15, -0.1) is 0 Å². The van der Waals surface area contributed by atoms with E-state index in [1.54, 1.807) is 30.3 Å². The molecule has 23 heavy (non-hydrogen) atoms. The summed E-state index contributed by atoms with van der Waals surface area (Å²) in [5, 5.41) is 3.01. The number of aromatic nitrogens is 1. The number of hydrogen-bond acceptors (Lipinski definition) is 3. The summed E-state index contributed by atoms with van der Waals surface area (Å²) >= 11 is 5.83. The van der Waals surface area contributed by atoms with Gasteiger partial charge in [0.05, 0.1) is 5.52 Å². The van der Waals surface area contributed by atoms with Crippen LogP contribution in [0.5, 0.6) is 0 Å². The molecule has 0 aliphatic heterocycles. The summed E-state index contributed by atoms with van der Waals surface area (Å²) in [6.07, 6.45) is 0. The number of carbonyl (C=O) groups excluding carboxylic acids is 1. The first kappa shape index (κ1) is 15.3. The zero-order valence-electron chi connectivity index (χ0n) is 11.9. The lowest BCUT2D eigenvalue weighted by Gasteiger charge is -2.06. The van der Waals surface area contributed by atoms with Crippen molar-refractivity contribution in [2.45, 2.75) is 13.1 Å². The maximum atomic E-state index is 13.5. The van der Waals surface area contributed by atoms with Crippen molar-refractivity contribution in [1.82, 2.24) is 9.88 Å². The van der Waals surface area contributed by atoms with Crippen molar-refractivity contribution in [1.29, 1.82) is 0 Å². The van der Waals surface area contributed by atoms with E-state index in [9.17, 15) is 14.0 Å². The van der Waals surface area contributed by atoms with E-state index in [1.165, 1.54) is 16.7 Å². The van der Waals surface area contributed by atoms with Gasteiger partial charge < -0.3 is 9.73 Å². The van der Waals surface area contributed by atoms with Gasteiger partial charge in [-0.3, -0.25) is 9.36 Å². The number of oxazole rings is 1. The molecule has 0 aliphatic rings. The maximum absolute atomic E-state index is 13.5. The first-order valence-corrected chi connectivity index (χ1v) is 7.21. The lowest BCUT2D eigenvalue weighted by atomic mass is 10.2. The summed E-state index contributed by atoms with van der Waals surface area (Å²) < 4.78 is 19.7. The first-order chi connectivity index (χ1) is 11.0. The Morgan fingerprint density at radius 2 is 2.04 bits per heavy atom. The van der Waals surface area contributed by atoms with Crippen molar-refractivity contribution in [2.75, 3.05) is 0 Å². The van der Waals surface area contributed by atoms with E-state index in [0.717, 1.165) is 0 Å². The van der Waals surface area contributed by atoms with Gasteiger partial charge >= 0.3 is 5.76 Å². The number of hydrogen-bond donors (Lipinski definition) is 1. The van der Waals surface area contributed by atoms with Crippen molar-refractivity contribution >= 4 is 28.6 Å². The SMILES string of the molecule is O=C(Cn1c(=O)oc2cc(Cl)ccc21)NCc1ccccc1F. The minimum atomic E-state index is -0.650. The van der Waals surface area contributed by atoms with E-state index in [4.69, 9.17) is 16.0 Å². The van der Waals surface area contributed by atoms with Crippen LogP contribution in [0.1, 0.15) is 5.56 Å². The summed E-state index contributed by atoms with van der Waals surface area (Å²) in [6.45, 7) is -0.177. The fourth-order valence-electron chi connectivity index (χ4n) is 2.23. The quantitative estimate of drug-likeness (QED) is 0.798. The molecule has 1 aromatic heterocycles. The van der Waals surface area contributed by atoms with Crippen molar-refractivity contribution < 1.29 is 13.6 Å². The predicted octanol–water partition coefficient (Wildman–Crippen LogP) is 2.70. The summed E-state index contributed by atoms with van der Waals surface area (Å²) in [5.74, 6) is -1.47. The second-order valence-corrected chi connectivity index (χ2v) is 5.37. The lowest BCUT2D eigenvalue weighted by molar-refractivity contribution is -0.121. The lowest BCUT2D eigenvalue weighted by Crippen LogP contribution is -2.30. The molecule has 1 N–H and O–H groups in total. The molecule has 7 heteroatoms. The van der Waals surface area contributed by atoms with Gasteiger partial charge in [-0.25, -0.2) is 9.18 Å². The van der Waals surface area contributed by atoms with Crippen LogP contribution in [0.15, 0.2) is 51.7 Å². The Labute approximate surface area is 135 Å². The Balaban J connectivity index is 1.75. The van der Waals surface area contributed by atoms with Gasteiger partial charge in [-0.1, -0.05) is 29.8 Å². The van der Waals surface area contributed by atoms with E-state index in [1.807, 2.05) is 0 Å². The molecule has 0 unspecified atom stereocenters. The predicted molar refractivity (Wildman–Crippen MR) is 83.7 cm³/mol. The van der Waals surface area contributed by atoms with Gasteiger partial charge in [-0.05, 0) is 18.2 Å². The molecule has 0 spiro atoms. The van der Waals surface area contributed by atoms with Crippen LogP contribution in [0, 0.1) is 5.82 Å². The second kappa shape index (κ2) is 6.26. The van der Waals surface area contributed by atoms with E-state index in [2.05, 4.69) is 5.32 Å². The van der Waals surface area contributed by atoms with Crippen LogP contribution in [-0.4, -0.2) is 10.5 Å². The average Bonchev–Trinajstić information content (AvgIpc) is 2.81. The van der Waals surface area contributed by atoms with E-state index in [0.29, 0.717) is 21.7 Å². The molecule has 0 atom stereocenters. The van der Waals surface area contributed by atoms with Crippen LogP contribution >= 0.6 is 11.6 Å². The molecule has 5 nitrogen and oxygen atoms in total. The number of carbonyl (C=O) groups is 1. The van der Waals surface area contributed by atoms with Gasteiger partial charge in [0.15, 0.2) is 5.58 Å². The maximum Gasteiger partial charge on any atom is 0.420 e. The molecule has 0 radical (unpaired) electrons. The second-order valence-electron chi connectivity index (χ2n) is 4.93. The molecule has 0 aliphatic carbocycles. The highest BCUT2D eigenvalue weighted by atomic mass is 35.5. The largest absolute Gasteiger partial charge is 0.420 e. The molecule has 0 saturated carbocycles. The Kier molecular flexibility index (Phi) is 4.16. The molecule has 1 heterocycles. The van der Waals surface area contributed by atoms with E-state index < -0.39 is 17.5 Å². The van der Waals surface area contributed by atoms with Gasteiger partial charge in [0.1, 0.15) is 12.4 Å². The summed E-state index contributed by atoms with van der Waals surface area (Å²) in [4.78, 5) is 23.8. The fourth-order valence-corrected chi connectivity index (χ4v) is 2.39. The first-order valence-electron chi connectivity index (χ1n) is 6.83. The van der Waals surface area contributed by atoms with Crippen LogP contribution in [0.25, 0.3) is 11.1 Å². The standard InChI is InChI=1S/C16H12ClFN2O3/c17-11-5-6-13-14(7-11)23-16(22)20(13)9-15(21)19-8-10-3-1-2-4-12(10)18/h1-7H,8-9H2,(H,19,21). The number of halogens is 2. The molecule has 1 amide bonds. The summed E-state index contributed by atoms with van der Waals surface area (Å²) in [7, 11) is 0. The minimum Gasteiger partial charge on any atom is -0.408 e. The Morgan fingerprint density at radius 1 is 1.26 bits per heavy atom. The number of nitrogens with zero attached hydrogens (tertiary/aromatic N) is 1. The molecule has 118 valence electrons. The van der Waals surface area contributed by atoms with Gasteiger partial charge in [0.2, 0.25) is 5.91 Å². The number of benzene rings is 2. The van der Waals surface area contributed by atoms with Crippen LogP contribution in [0.2, 0.25) is 5.02 Å². The highest BCUT2D eigenvalue weighted by Gasteiger charge is 2.13. The van der Waals surface area contributed by atoms with Crippen molar-refractivity contribution in [3.05, 3.63) is 69.4 Å². The molecule has 3 rings (SSSR count). The number of fused-ring (bicyclic) bond motifs is 1. The van der Waals surface area contributed by atoms with E-state index >= 15 is 0 Å². The molecule has 0 saturated heterocycles. The van der Waals surface area contributed by atoms with Crippen LogP contribution in [0.4, 0.5) is 4.39 Å². The summed E-state index contributed by atoms with van der Waals surface area (Å²) in [5.41, 5.74) is 1.15. The third-order valence-electron chi connectivity index (χ3n) is 3.37. The third kappa shape index (κ3) is 3.27. The smallest absolute Gasteiger partial charge is 0.408 e. The zero-order chi connectivity index (χ0) is 16.4. The highest BCUT2D eigenvalue weighted by molar-refractivity contribution is 6.31. The Bertz CT molecular complexity index is 932. The minimum absolute atomic E-state index is 0.0435. The molecular formula is C16H12ClFN2O3. The molecule has 2 aromatic carbocycles. The normalized spacial score (nSPS) is 10.9. The molecule has 0 bridgehead atoms. The van der Waals surface area contributed by atoms with Crippen LogP contribution in [-0.2, 0) is 17.9 Å². The zero-order valence-corrected chi connectivity index (χ0v) is 12.6. The monoisotopic (exact) mass is 334 g/mol. The number of nitrogens with one attached hydrogen (secondary N) is 1. The molecular weight excluding hydrogens is 323 g/mol. The Hall–Kier alpha value is -2.60. The molecule has 0 fully saturated rings. The number of rotatable bonds is 4. The van der Waals surface area contributed by atoms with E-state index in [-0.39, 0.29) is 13.1 Å².